The van der Waals surface area contributed by atoms with Gasteiger partial charge in [-0.25, -0.2) is 4.68 Å². The van der Waals surface area contributed by atoms with E-state index in [0.717, 1.165) is 19.0 Å². The number of hydrogen-bond donors (Lipinski definition) is 0. The summed E-state index contributed by atoms with van der Waals surface area (Å²) in [4.78, 5) is 16.1. The van der Waals surface area contributed by atoms with Gasteiger partial charge < -0.3 is 9.80 Å². The van der Waals surface area contributed by atoms with E-state index in [1.165, 1.54) is 6.07 Å². The van der Waals surface area contributed by atoms with Gasteiger partial charge in [0.1, 0.15) is 0 Å². The van der Waals surface area contributed by atoms with E-state index < -0.39 is 6.55 Å². The summed E-state index contributed by atoms with van der Waals surface area (Å²) in [6.07, 6.45) is 3.00. The van der Waals surface area contributed by atoms with Crippen LogP contribution in [0.1, 0.15) is 36.8 Å². The smallest absolute Gasteiger partial charge is 0.333 e. The third-order valence-electron chi connectivity index (χ3n) is 4.35. The highest BCUT2D eigenvalue weighted by Crippen LogP contribution is 2.23. The van der Waals surface area contributed by atoms with Crippen LogP contribution in [0.25, 0.3) is 0 Å². The largest absolute Gasteiger partial charge is 0.337 e. The quantitative estimate of drug-likeness (QED) is 0.855. The molecule has 1 aliphatic heterocycles. The average molecular weight is 300 g/mol. The van der Waals surface area contributed by atoms with Gasteiger partial charge in [0.05, 0.1) is 0 Å². The molecule has 5 nitrogen and oxygen atoms in total. The SMILES string of the molecule is C[C@@H](C1CCN(C(=O)c2ccn(C(F)F)n2)CC1)N(C)C. The fourth-order valence-electron chi connectivity index (χ4n) is 2.73. The molecule has 7 heteroatoms. The Balaban J connectivity index is 1.93. The molecule has 2 heterocycles. The average Bonchev–Trinajstić information content (AvgIpc) is 2.96. The highest BCUT2D eigenvalue weighted by Gasteiger charge is 2.28. The molecule has 1 aromatic rings. The van der Waals surface area contributed by atoms with E-state index in [1.54, 1.807) is 4.90 Å². The van der Waals surface area contributed by atoms with E-state index >= 15 is 0 Å². The lowest BCUT2D eigenvalue weighted by Gasteiger charge is -2.37. The van der Waals surface area contributed by atoms with E-state index in [0.29, 0.717) is 29.7 Å². The summed E-state index contributed by atoms with van der Waals surface area (Å²) >= 11 is 0. The van der Waals surface area contributed by atoms with Crippen LogP contribution in [0.5, 0.6) is 0 Å². The van der Waals surface area contributed by atoms with Gasteiger partial charge in [0.25, 0.3) is 5.91 Å². The maximum absolute atomic E-state index is 12.5. The molecule has 0 aromatic carbocycles. The minimum Gasteiger partial charge on any atom is -0.337 e. The van der Waals surface area contributed by atoms with Crippen LogP contribution in [-0.2, 0) is 0 Å². The highest BCUT2D eigenvalue weighted by atomic mass is 19.3. The zero-order valence-corrected chi connectivity index (χ0v) is 12.7. The molecule has 0 bridgehead atoms. The molecule has 1 amide bonds. The van der Waals surface area contributed by atoms with Crippen LogP contribution in [0.3, 0.4) is 0 Å². The van der Waals surface area contributed by atoms with Crippen molar-refractivity contribution in [3.05, 3.63) is 18.0 Å². The number of carbonyl (C=O) groups is 1. The number of hydrogen-bond acceptors (Lipinski definition) is 3. The fraction of sp³-hybridized carbons (Fsp3) is 0.714. The van der Waals surface area contributed by atoms with Crippen LogP contribution in [0, 0.1) is 5.92 Å². The van der Waals surface area contributed by atoms with Crippen LogP contribution in [0.4, 0.5) is 8.78 Å². The molecule has 1 fully saturated rings. The molecule has 1 aliphatic rings. The first kappa shape index (κ1) is 15.9. The Bertz CT molecular complexity index is 481. The van der Waals surface area contributed by atoms with Crippen molar-refractivity contribution in [1.82, 2.24) is 19.6 Å². The van der Waals surface area contributed by atoms with Crippen molar-refractivity contribution < 1.29 is 13.6 Å². The maximum Gasteiger partial charge on any atom is 0.333 e. The third kappa shape index (κ3) is 3.58. The van der Waals surface area contributed by atoms with Crippen LogP contribution in [0.15, 0.2) is 12.3 Å². The molecule has 0 aliphatic carbocycles. The van der Waals surface area contributed by atoms with Crippen molar-refractivity contribution in [2.75, 3.05) is 27.2 Å². The second-order valence-corrected chi connectivity index (χ2v) is 5.79. The number of carbonyl (C=O) groups excluding carboxylic acids is 1. The molecule has 0 N–H and O–H groups in total. The van der Waals surface area contributed by atoms with Crippen LogP contribution < -0.4 is 0 Å². The molecule has 1 saturated heterocycles. The van der Waals surface area contributed by atoms with Crippen molar-refractivity contribution in [3.63, 3.8) is 0 Å². The first-order chi connectivity index (χ1) is 9.90. The number of likely N-dealkylation sites (tertiary alicyclic amines) is 1. The monoisotopic (exact) mass is 300 g/mol. The van der Waals surface area contributed by atoms with Gasteiger partial charge in [-0.3, -0.25) is 4.79 Å². The van der Waals surface area contributed by atoms with Gasteiger partial charge in [-0.1, -0.05) is 0 Å². The Hall–Kier alpha value is -1.50. The van der Waals surface area contributed by atoms with Gasteiger partial charge in [-0.2, -0.15) is 13.9 Å². The molecule has 0 radical (unpaired) electrons. The standard InChI is InChI=1S/C14H22F2N4O/c1-10(18(2)3)11-4-7-19(8-5-11)13(21)12-6-9-20(17-12)14(15)16/h6,9-11,14H,4-5,7-8H2,1-3H3/t10-/m0/s1. The number of alkyl halides is 2. The molecule has 21 heavy (non-hydrogen) atoms. The Morgan fingerprint density at radius 2 is 2.00 bits per heavy atom. The molecule has 118 valence electrons. The normalized spacial score (nSPS) is 18.5. The molecule has 0 saturated carbocycles. The Morgan fingerprint density at radius 1 is 1.38 bits per heavy atom. The van der Waals surface area contributed by atoms with Crippen LogP contribution in [-0.4, -0.2) is 58.7 Å². The number of amides is 1. The summed E-state index contributed by atoms with van der Waals surface area (Å²) in [7, 11) is 4.11. The zero-order chi connectivity index (χ0) is 15.6. The number of nitrogens with zero attached hydrogens (tertiary/aromatic N) is 4. The van der Waals surface area contributed by atoms with E-state index in [4.69, 9.17) is 0 Å². The maximum atomic E-state index is 12.5. The molecular formula is C14H22F2N4O. The highest BCUT2D eigenvalue weighted by molar-refractivity contribution is 5.92. The first-order valence-electron chi connectivity index (χ1n) is 7.19. The van der Waals surface area contributed by atoms with Crippen LogP contribution >= 0.6 is 0 Å². The molecule has 0 spiro atoms. The topological polar surface area (TPSA) is 41.4 Å². The second kappa shape index (κ2) is 6.51. The predicted octanol–water partition coefficient (Wildman–Crippen LogP) is 2.08. The van der Waals surface area contributed by atoms with Crippen LogP contribution in [0.2, 0.25) is 0 Å². The van der Waals surface area contributed by atoms with Crippen molar-refractivity contribution in [2.24, 2.45) is 5.92 Å². The Morgan fingerprint density at radius 3 is 2.48 bits per heavy atom. The van der Waals surface area contributed by atoms with Gasteiger partial charge >= 0.3 is 6.55 Å². The number of halogens is 2. The minimum absolute atomic E-state index is 0.0920. The lowest BCUT2D eigenvalue weighted by Crippen LogP contribution is -2.43. The molecular weight excluding hydrogens is 278 g/mol. The molecule has 1 aromatic heterocycles. The van der Waals surface area contributed by atoms with Gasteiger partial charge in [0.2, 0.25) is 0 Å². The third-order valence-corrected chi connectivity index (χ3v) is 4.35. The first-order valence-corrected chi connectivity index (χ1v) is 7.19. The summed E-state index contributed by atoms with van der Waals surface area (Å²) in [6.45, 7) is 0.789. The van der Waals surface area contributed by atoms with Gasteiger partial charge in [0, 0.05) is 25.3 Å². The molecule has 2 rings (SSSR count). The molecule has 0 unspecified atom stereocenters. The summed E-state index contributed by atoms with van der Waals surface area (Å²) in [5, 5.41) is 3.63. The van der Waals surface area contributed by atoms with Gasteiger partial charge in [-0.15, -0.1) is 0 Å². The van der Waals surface area contributed by atoms with E-state index in [-0.39, 0.29) is 11.6 Å². The summed E-state index contributed by atoms with van der Waals surface area (Å²) in [5.74, 6) is 0.299. The van der Waals surface area contributed by atoms with E-state index in [9.17, 15) is 13.6 Å². The van der Waals surface area contributed by atoms with Crippen molar-refractivity contribution >= 4 is 5.91 Å². The van der Waals surface area contributed by atoms with E-state index in [2.05, 4.69) is 31.0 Å². The number of piperidine rings is 1. The lowest BCUT2D eigenvalue weighted by atomic mass is 9.89. The Labute approximate surface area is 123 Å². The van der Waals surface area contributed by atoms with Crippen molar-refractivity contribution in [2.45, 2.75) is 32.4 Å². The number of rotatable bonds is 4. The fourth-order valence-corrected chi connectivity index (χ4v) is 2.73. The summed E-state index contributed by atoms with van der Waals surface area (Å²) < 4.78 is 25.5. The molecule has 1 atom stereocenters. The van der Waals surface area contributed by atoms with Gasteiger partial charge in [-0.05, 0) is 45.8 Å². The van der Waals surface area contributed by atoms with Gasteiger partial charge in [0.15, 0.2) is 5.69 Å². The van der Waals surface area contributed by atoms with Crippen molar-refractivity contribution in [1.29, 1.82) is 0 Å². The van der Waals surface area contributed by atoms with E-state index in [1.807, 2.05) is 0 Å². The minimum atomic E-state index is -2.71. The zero-order valence-electron chi connectivity index (χ0n) is 12.7. The second-order valence-electron chi connectivity index (χ2n) is 5.79. The summed E-state index contributed by atoms with van der Waals surface area (Å²) in [5.41, 5.74) is 0.0920. The van der Waals surface area contributed by atoms with Crippen molar-refractivity contribution in [3.8, 4) is 0 Å². The predicted molar refractivity (Wildman–Crippen MR) is 75.3 cm³/mol. The lowest BCUT2D eigenvalue weighted by molar-refractivity contribution is 0.0537. The summed E-state index contributed by atoms with van der Waals surface area (Å²) in [6, 6.07) is 1.82. The number of aromatic nitrogens is 2. The Kier molecular flexibility index (Phi) is 4.92.